The van der Waals surface area contributed by atoms with Gasteiger partial charge in [-0.25, -0.2) is 4.98 Å². The lowest BCUT2D eigenvalue weighted by Gasteiger charge is -2.30. The van der Waals surface area contributed by atoms with Crippen LogP contribution in [0.5, 0.6) is 0 Å². The maximum absolute atomic E-state index is 12.8. The molecule has 0 bridgehead atoms. The first kappa shape index (κ1) is 31.8. The van der Waals surface area contributed by atoms with Gasteiger partial charge in [0.1, 0.15) is 11.6 Å². The summed E-state index contributed by atoms with van der Waals surface area (Å²) in [7, 11) is 0. The molecule has 1 N–H and O–H groups in total. The predicted octanol–water partition coefficient (Wildman–Crippen LogP) is 7.56. The first-order valence-electron chi connectivity index (χ1n) is 14.4. The summed E-state index contributed by atoms with van der Waals surface area (Å²) in [5, 5.41) is 12.8. The molecule has 1 aliphatic heterocycles. The number of aromatic nitrogens is 1. The number of carbonyl (C=O) groups excluding carboxylic acids is 2. The molecular formula is C31H48N4O2S. The van der Waals surface area contributed by atoms with Gasteiger partial charge < -0.3 is 4.90 Å². The second kappa shape index (κ2) is 14.6. The summed E-state index contributed by atoms with van der Waals surface area (Å²) >= 11 is 1.62. The molecule has 6 nitrogen and oxygen atoms in total. The molecule has 2 amide bonds. The van der Waals surface area contributed by atoms with Crippen LogP contribution in [0.4, 0.5) is 5.13 Å². The molecule has 2 rings (SSSR count). The third-order valence-electron chi connectivity index (χ3n) is 7.53. The van der Waals surface area contributed by atoms with Crippen LogP contribution in [0.3, 0.4) is 0 Å². The lowest BCUT2D eigenvalue weighted by Crippen LogP contribution is -2.37. The molecule has 0 radical (unpaired) electrons. The SMILES string of the molecule is CCCCC(CC)CN(CC(CC)CCCC)c1nc(C(C)(C)C)c(/C=C2\C(=O)NC(=O)C(C#N)=C2C)s1. The van der Waals surface area contributed by atoms with Gasteiger partial charge in [-0.3, -0.25) is 14.9 Å². The van der Waals surface area contributed by atoms with Crippen LogP contribution in [0.2, 0.25) is 0 Å². The van der Waals surface area contributed by atoms with Gasteiger partial charge in [0.15, 0.2) is 5.13 Å². The normalized spacial score (nSPS) is 17.0. The van der Waals surface area contributed by atoms with Crippen LogP contribution in [-0.2, 0) is 15.0 Å². The number of anilines is 1. The highest BCUT2D eigenvalue weighted by atomic mass is 32.1. The maximum Gasteiger partial charge on any atom is 0.269 e. The highest BCUT2D eigenvalue weighted by molar-refractivity contribution is 7.16. The molecule has 2 atom stereocenters. The molecule has 0 spiro atoms. The minimum atomic E-state index is -0.630. The Kier molecular flexibility index (Phi) is 12.2. The summed E-state index contributed by atoms with van der Waals surface area (Å²) < 4.78 is 0. The second-order valence-electron chi connectivity index (χ2n) is 11.7. The zero-order chi connectivity index (χ0) is 28.5. The number of rotatable bonds is 14. The average molecular weight is 541 g/mol. The van der Waals surface area contributed by atoms with E-state index < -0.39 is 11.8 Å². The number of thiazole rings is 1. The van der Waals surface area contributed by atoms with E-state index in [0.29, 0.717) is 23.0 Å². The van der Waals surface area contributed by atoms with Crippen molar-refractivity contribution >= 4 is 34.4 Å². The smallest absolute Gasteiger partial charge is 0.269 e. The number of imide groups is 1. The fourth-order valence-corrected chi connectivity index (χ4v) is 6.16. The average Bonchev–Trinajstić information content (AvgIpc) is 3.30. The van der Waals surface area contributed by atoms with Crippen molar-refractivity contribution in [3.05, 3.63) is 27.3 Å². The van der Waals surface area contributed by atoms with Crippen LogP contribution in [0.25, 0.3) is 6.08 Å². The first-order chi connectivity index (χ1) is 18.0. The van der Waals surface area contributed by atoms with Gasteiger partial charge in [0.05, 0.1) is 10.6 Å². The van der Waals surface area contributed by atoms with Crippen molar-refractivity contribution < 1.29 is 9.59 Å². The molecule has 1 aromatic rings. The molecule has 1 aromatic heterocycles. The molecular weight excluding hydrogens is 492 g/mol. The van der Waals surface area contributed by atoms with Gasteiger partial charge in [-0.1, -0.05) is 98.3 Å². The fraction of sp³-hybridized carbons (Fsp3) is 0.677. The quantitative estimate of drug-likeness (QED) is 0.194. The number of nitrogens with zero attached hydrogens (tertiary/aromatic N) is 3. The largest absolute Gasteiger partial charge is 0.348 e. The minimum absolute atomic E-state index is 0.0112. The predicted molar refractivity (Wildman–Crippen MR) is 159 cm³/mol. The van der Waals surface area contributed by atoms with E-state index in [1.165, 1.54) is 38.5 Å². The highest BCUT2D eigenvalue weighted by Crippen LogP contribution is 2.38. The van der Waals surface area contributed by atoms with Gasteiger partial charge in [0, 0.05) is 24.1 Å². The highest BCUT2D eigenvalue weighted by Gasteiger charge is 2.31. The van der Waals surface area contributed by atoms with E-state index in [2.05, 4.69) is 58.7 Å². The van der Waals surface area contributed by atoms with Gasteiger partial charge in [-0.15, -0.1) is 0 Å². The third-order valence-corrected chi connectivity index (χ3v) is 8.59. The molecule has 0 saturated carbocycles. The summed E-state index contributed by atoms with van der Waals surface area (Å²) in [6.45, 7) is 19.1. The number of nitriles is 1. The van der Waals surface area contributed by atoms with Gasteiger partial charge in [-0.2, -0.15) is 5.26 Å². The number of nitrogens with one attached hydrogen (secondary N) is 1. The zero-order valence-corrected chi connectivity index (χ0v) is 25.7. The summed E-state index contributed by atoms with van der Waals surface area (Å²) in [4.78, 5) is 33.5. The van der Waals surface area contributed by atoms with Gasteiger partial charge >= 0.3 is 0 Å². The molecule has 7 heteroatoms. The van der Waals surface area contributed by atoms with E-state index in [4.69, 9.17) is 4.98 Å². The van der Waals surface area contributed by atoms with Crippen LogP contribution in [0.1, 0.15) is 117 Å². The van der Waals surface area contributed by atoms with Crippen LogP contribution in [0, 0.1) is 23.2 Å². The van der Waals surface area contributed by atoms with Crippen LogP contribution >= 0.6 is 11.3 Å². The number of hydrogen-bond donors (Lipinski definition) is 1. The van der Waals surface area contributed by atoms with E-state index in [1.807, 2.05) is 12.1 Å². The molecule has 2 unspecified atom stereocenters. The van der Waals surface area contributed by atoms with E-state index in [-0.39, 0.29) is 11.0 Å². The van der Waals surface area contributed by atoms with Crippen molar-refractivity contribution in [2.45, 2.75) is 112 Å². The second-order valence-corrected chi connectivity index (χ2v) is 12.7. The minimum Gasteiger partial charge on any atom is -0.348 e. The summed E-state index contributed by atoms with van der Waals surface area (Å²) in [6, 6.07) is 1.95. The number of carbonyl (C=O) groups is 2. The Morgan fingerprint density at radius 2 is 1.55 bits per heavy atom. The van der Waals surface area contributed by atoms with Crippen LogP contribution in [-0.4, -0.2) is 29.9 Å². The first-order valence-corrected chi connectivity index (χ1v) is 15.3. The number of unbranched alkanes of at least 4 members (excludes halogenated alkanes) is 2. The van der Waals surface area contributed by atoms with Gasteiger partial charge in [0.2, 0.25) is 0 Å². The van der Waals surface area contributed by atoms with Crippen molar-refractivity contribution in [3.63, 3.8) is 0 Å². The van der Waals surface area contributed by atoms with E-state index in [1.54, 1.807) is 18.3 Å². The number of hydrogen-bond acceptors (Lipinski definition) is 6. The standard InChI is InChI=1S/C31H48N4O2S/c1-9-13-15-22(11-3)19-35(20-23(12-4)16-14-10-2)30-33-27(31(6,7)8)26(38-30)17-24-21(5)25(18-32)29(37)34-28(24)36/h17,22-23H,9-16,19-20H2,1-8H3,(H,34,36,37)/b24-17-. The topological polar surface area (TPSA) is 86.1 Å². The number of amides is 2. The van der Waals surface area contributed by atoms with Crippen LogP contribution in [0.15, 0.2) is 16.7 Å². The van der Waals surface area contributed by atoms with Crippen LogP contribution < -0.4 is 10.2 Å². The zero-order valence-electron chi connectivity index (χ0n) is 24.9. The molecule has 2 heterocycles. The Morgan fingerprint density at radius 3 is 2.00 bits per heavy atom. The molecule has 0 saturated heterocycles. The summed E-state index contributed by atoms with van der Waals surface area (Å²) in [5.41, 5.74) is 1.47. The maximum atomic E-state index is 12.8. The van der Waals surface area contributed by atoms with Gasteiger partial charge in [-0.05, 0) is 43.3 Å². The monoisotopic (exact) mass is 540 g/mol. The lowest BCUT2D eigenvalue weighted by molar-refractivity contribution is -0.126. The summed E-state index contributed by atoms with van der Waals surface area (Å²) in [6.07, 6.45) is 11.4. The molecule has 210 valence electrons. The van der Waals surface area contributed by atoms with Crippen molar-refractivity contribution in [1.82, 2.24) is 10.3 Å². The van der Waals surface area contributed by atoms with Crippen molar-refractivity contribution in [1.29, 1.82) is 5.26 Å². The molecule has 0 fully saturated rings. The van der Waals surface area contributed by atoms with Crippen molar-refractivity contribution in [2.24, 2.45) is 11.8 Å². The molecule has 38 heavy (non-hydrogen) atoms. The fourth-order valence-electron chi connectivity index (χ4n) is 4.93. The Morgan fingerprint density at radius 1 is 1.00 bits per heavy atom. The van der Waals surface area contributed by atoms with Crippen molar-refractivity contribution in [2.75, 3.05) is 18.0 Å². The van der Waals surface area contributed by atoms with Gasteiger partial charge in [0.25, 0.3) is 11.8 Å². The van der Waals surface area contributed by atoms with Crippen molar-refractivity contribution in [3.8, 4) is 6.07 Å². The Labute approximate surface area is 234 Å². The Balaban J connectivity index is 2.60. The van der Waals surface area contributed by atoms with E-state index in [0.717, 1.165) is 41.6 Å². The van der Waals surface area contributed by atoms with E-state index in [9.17, 15) is 14.9 Å². The molecule has 1 aliphatic rings. The third kappa shape index (κ3) is 8.27. The lowest BCUT2D eigenvalue weighted by atomic mass is 9.90. The molecule has 0 aliphatic carbocycles. The summed E-state index contributed by atoms with van der Waals surface area (Å²) in [5.74, 6) is 0.131. The Hall–Kier alpha value is -2.46. The Bertz CT molecular complexity index is 1050. The van der Waals surface area contributed by atoms with E-state index >= 15 is 0 Å². The molecule has 0 aromatic carbocycles.